The Labute approximate surface area is 179 Å². The monoisotopic (exact) mass is 434 g/mol. The number of ether oxygens (including phenoxy) is 1. The van der Waals surface area contributed by atoms with E-state index in [4.69, 9.17) is 9.84 Å². The lowest BCUT2D eigenvalue weighted by Gasteiger charge is -1.99. The van der Waals surface area contributed by atoms with Gasteiger partial charge in [0.15, 0.2) is 5.06 Å². The Morgan fingerprint density at radius 1 is 0.867 bits per heavy atom. The van der Waals surface area contributed by atoms with Gasteiger partial charge in [-0.25, -0.2) is 9.59 Å². The minimum Gasteiger partial charge on any atom is -0.477 e. The van der Waals surface area contributed by atoms with E-state index in [-0.39, 0.29) is 4.88 Å². The highest BCUT2D eigenvalue weighted by Crippen LogP contribution is 2.33. The molecule has 8 heteroatoms. The molecule has 0 aliphatic heterocycles. The number of carboxylic acid groups (broad SMARTS) is 1. The number of nitrogens with zero attached hydrogens (tertiary/aromatic N) is 2. The second-order valence-electron chi connectivity index (χ2n) is 6.04. The predicted octanol–water partition coefficient (Wildman–Crippen LogP) is 5.25. The Morgan fingerprint density at radius 3 is 2.17 bits per heavy atom. The van der Waals surface area contributed by atoms with Crippen LogP contribution in [0, 0.1) is 0 Å². The molecule has 0 saturated heterocycles. The fourth-order valence-corrected chi connectivity index (χ4v) is 4.18. The van der Waals surface area contributed by atoms with Gasteiger partial charge >= 0.3 is 11.9 Å². The third-order valence-corrected chi connectivity index (χ3v) is 6.05. The van der Waals surface area contributed by atoms with Crippen molar-refractivity contribution in [3.8, 4) is 26.2 Å². The molecule has 0 aliphatic carbocycles. The van der Waals surface area contributed by atoms with Gasteiger partial charge in [-0.1, -0.05) is 41.7 Å². The summed E-state index contributed by atoms with van der Waals surface area (Å²) in [5.74, 6) is -1.42. The zero-order chi connectivity index (χ0) is 20.9. The molecule has 0 bridgehead atoms. The number of benzene rings is 1. The molecule has 3 aromatic heterocycles. The average molecular weight is 434 g/mol. The standard InChI is InChI=1S/C22H14N2O4S2/c25-20(10-6-14-4-2-1-3-5-14)28-21-11-9-18(30-21)16-13-23-15(12-24-16)17-7-8-19(29-17)22(26)27/h1-13H,(H,26,27)/b10-6+. The smallest absolute Gasteiger partial charge is 0.345 e. The lowest BCUT2D eigenvalue weighted by atomic mass is 10.2. The summed E-state index contributed by atoms with van der Waals surface area (Å²) in [6, 6.07) is 16.3. The summed E-state index contributed by atoms with van der Waals surface area (Å²) in [4.78, 5) is 33.6. The van der Waals surface area contributed by atoms with Crippen LogP contribution in [0.2, 0.25) is 0 Å². The summed E-state index contributed by atoms with van der Waals surface area (Å²) in [7, 11) is 0. The van der Waals surface area contributed by atoms with Crippen molar-refractivity contribution in [1.82, 2.24) is 9.97 Å². The summed E-state index contributed by atoms with van der Waals surface area (Å²) in [5, 5.41) is 9.49. The normalized spacial score (nSPS) is 10.9. The van der Waals surface area contributed by atoms with Crippen LogP contribution < -0.4 is 4.74 Å². The zero-order valence-electron chi connectivity index (χ0n) is 15.4. The molecule has 0 amide bonds. The Bertz CT molecular complexity index is 1210. The highest BCUT2D eigenvalue weighted by Gasteiger charge is 2.12. The molecule has 6 nitrogen and oxygen atoms in total. The first-order valence-electron chi connectivity index (χ1n) is 8.79. The number of thiophene rings is 2. The molecule has 0 fully saturated rings. The summed E-state index contributed by atoms with van der Waals surface area (Å²) in [6.45, 7) is 0. The third-order valence-electron chi connectivity index (χ3n) is 3.97. The molecule has 1 aromatic carbocycles. The van der Waals surface area contributed by atoms with Crippen LogP contribution in [-0.4, -0.2) is 27.0 Å². The predicted molar refractivity (Wildman–Crippen MR) is 117 cm³/mol. The Morgan fingerprint density at radius 2 is 1.53 bits per heavy atom. The van der Waals surface area contributed by atoms with Gasteiger partial charge in [-0.2, -0.15) is 0 Å². The van der Waals surface area contributed by atoms with E-state index in [1.807, 2.05) is 36.4 Å². The molecule has 4 rings (SSSR count). The van der Waals surface area contributed by atoms with E-state index < -0.39 is 11.9 Å². The van der Waals surface area contributed by atoms with E-state index in [1.165, 1.54) is 17.4 Å². The van der Waals surface area contributed by atoms with Gasteiger partial charge in [-0.05, 0) is 35.9 Å². The van der Waals surface area contributed by atoms with Crippen LogP contribution in [0.3, 0.4) is 0 Å². The van der Waals surface area contributed by atoms with Crippen molar-refractivity contribution < 1.29 is 19.4 Å². The molecule has 1 N–H and O–H groups in total. The van der Waals surface area contributed by atoms with Crippen molar-refractivity contribution in [3.05, 3.63) is 83.5 Å². The fourth-order valence-electron chi connectivity index (χ4n) is 2.55. The van der Waals surface area contributed by atoms with Crippen LogP contribution >= 0.6 is 22.7 Å². The van der Waals surface area contributed by atoms with Crippen molar-refractivity contribution >= 4 is 40.7 Å². The summed E-state index contributed by atoms with van der Waals surface area (Å²) in [6.07, 6.45) is 6.29. The van der Waals surface area contributed by atoms with Crippen LogP contribution in [0.15, 0.2) is 73.1 Å². The second-order valence-corrected chi connectivity index (χ2v) is 8.17. The summed E-state index contributed by atoms with van der Waals surface area (Å²) >= 11 is 2.44. The molecule has 3 heterocycles. The molecule has 4 aromatic rings. The first-order chi connectivity index (χ1) is 14.6. The minimum atomic E-state index is -0.963. The van der Waals surface area contributed by atoms with E-state index >= 15 is 0 Å². The van der Waals surface area contributed by atoms with Gasteiger partial charge in [0, 0.05) is 6.08 Å². The van der Waals surface area contributed by atoms with Gasteiger partial charge < -0.3 is 9.84 Å². The topological polar surface area (TPSA) is 89.4 Å². The highest BCUT2D eigenvalue weighted by atomic mass is 32.1. The van der Waals surface area contributed by atoms with Crippen molar-refractivity contribution in [2.45, 2.75) is 0 Å². The maximum absolute atomic E-state index is 12.0. The highest BCUT2D eigenvalue weighted by molar-refractivity contribution is 7.17. The molecule has 30 heavy (non-hydrogen) atoms. The second kappa shape index (κ2) is 8.81. The van der Waals surface area contributed by atoms with Gasteiger partial charge in [0.1, 0.15) is 4.88 Å². The SMILES string of the molecule is O=C(/C=C/c1ccccc1)Oc1ccc(-c2cnc(-c3ccc(C(=O)O)s3)cn2)s1. The van der Waals surface area contributed by atoms with Gasteiger partial charge in [0.05, 0.1) is 33.5 Å². The molecule has 0 radical (unpaired) electrons. The van der Waals surface area contributed by atoms with Crippen LogP contribution in [0.5, 0.6) is 5.06 Å². The Hall–Kier alpha value is -3.62. The summed E-state index contributed by atoms with van der Waals surface area (Å²) < 4.78 is 5.35. The number of hydrogen-bond acceptors (Lipinski definition) is 7. The van der Waals surface area contributed by atoms with E-state index in [1.54, 1.807) is 36.7 Å². The molecule has 148 valence electrons. The van der Waals surface area contributed by atoms with Crippen molar-refractivity contribution in [2.24, 2.45) is 0 Å². The molecular weight excluding hydrogens is 420 g/mol. The third kappa shape index (κ3) is 4.68. The first kappa shape index (κ1) is 19.7. The molecule has 0 saturated carbocycles. The van der Waals surface area contributed by atoms with Gasteiger partial charge in [0.25, 0.3) is 0 Å². The number of carbonyl (C=O) groups is 2. The fraction of sp³-hybridized carbons (Fsp3) is 0. The number of carbonyl (C=O) groups excluding carboxylic acids is 1. The van der Waals surface area contributed by atoms with E-state index in [0.29, 0.717) is 16.5 Å². The molecule has 0 aliphatic rings. The first-order valence-corrected chi connectivity index (χ1v) is 10.4. The lowest BCUT2D eigenvalue weighted by molar-refractivity contribution is -0.128. The number of esters is 1. The van der Waals surface area contributed by atoms with Crippen LogP contribution in [-0.2, 0) is 4.79 Å². The quantitative estimate of drug-likeness (QED) is 0.329. The van der Waals surface area contributed by atoms with E-state index in [2.05, 4.69) is 9.97 Å². The average Bonchev–Trinajstić information content (AvgIpc) is 3.43. The van der Waals surface area contributed by atoms with Gasteiger partial charge in [-0.15, -0.1) is 11.3 Å². The lowest BCUT2D eigenvalue weighted by Crippen LogP contribution is -2.01. The van der Waals surface area contributed by atoms with E-state index in [0.717, 1.165) is 26.7 Å². The number of hydrogen-bond donors (Lipinski definition) is 1. The molecule has 0 unspecified atom stereocenters. The Balaban J connectivity index is 1.42. The van der Waals surface area contributed by atoms with Crippen molar-refractivity contribution in [2.75, 3.05) is 0 Å². The summed E-state index contributed by atoms with van der Waals surface area (Å²) in [5.41, 5.74) is 2.16. The number of aromatic carboxylic acids is 1. The maximum atomic E-state index is 12.0. The number of rotatable bonds is 6. The van der Waals surface area contributed by atoms with Crippen LogP contribution in [0.25, 0.3) is 27.2 Å². The van der Waals surface area contributed by atoms with Gasteiger partial charge in [0.2, 0.25) is 0 Å². The molecular formula is C22H14N2O4S2. The van der Waals surface area contributed by atoms with Crippen LogP contribution in [0.1, 0.15) is 15.2 Å². The van der Waals surface area contributed by atoms with Gasteiger partial charge in [-0.3, -0.25) is 9.97 Å². The largest absolute Gasteiger partial charge is 0.477 e. The van der Waals surface area contributed by atoms with E-state index in [9.17, 15) is 9.59 Å². The maximum Gasteiger partial charge on any atom is 0.345 e. The van der Waals surface area contributed by atoms with Crippen molar-refractivity contribution in [1.29, 1.82) is 0 Å². The number of carboxylic acids is 1. The Kier molecular flexibility index (Phi) is 5.78. The number of aromatic nitrogens is 2. The minimum absolute atomic E-state index is 0.252. The molecule has 0 atom stereocenters. The zero-order valence-corrected chi connectivity index (χ0v) is 17.0. The molecule has 0 spiro atoms. The van der Waals surface area contributed by atoms with Crippen molar-refractivity contribution in [3.63, 3.8) is 0 Å². The van der Waals surface area contributed by atoms with Crippen LogP contribution in [0.4, 0.5) is 0 Å².